The average molecular weight is 341 g/mol. The number of nitrogens with one attached hydrogen (secondary N) is 1. The number of halogens is 3. The largest absolute Gasteiger partial charge is 0.358 e. The van der Waals surface area contributed by atoms with Crippen molar-refractivity contribution >= 4 is 46.3 Å². The third kappa shape index (κ3) is 4.24. The van der Waals surface area contributed by atoms with Gasteiger partial charge in [0.2, 0.25) is 0 Å². The second-order valence-electron chi connectivity index (χ2n) is 4.42. The van der Waals surface area contributed by atoms with Crippen molar-refractivity contribution < 1.29 is 4.79 Å². The predicted octanol–water partition coefficient (Wildman–Crippen LogP) is 5.85. The van der Waals surface area contributed by atoms with Gasteiger partial charge in [-0.05, 0) is 43.3 Å². The van der Waals surface area contributed by atoms with Gasteiger partial charge in [0.15, 0.2) is 5.78 Å². The average Bonchev–Trinajstić information content (AvgIpc) is 2.44. The fourth-order valence-electron chi connectivity index (χ4n) is 1.74. The zero-order chi connectivity index (χ0) is 15.4. The summed E-state index contributed by atoms with van der Waals surface area (Å²) in [5.74, 6) is -0.116. The van der Waals surface area contributed by atoms with E-state index in [-0.39, 0.29) is 5.78 Å². The van der Waals surface area contributed by atoms with Crippen molar-refractivity contribution in [2.75, 3.05) is 5.32 Å². The minimum atomic E-state index is -0.116. The number of rotatable bonds is 4. The molecule has 2 aromatic carbocycles. The maximum Gasteiger partial charge on any atom is 0.187 e. The van der Waals surface area contributed by atoms with Crippen molar-refractivity contribution in [3.63, 3.8) is 0 Å². The molecule has 0 spiro atoms. The summed E-state index contributed by atoms with van der Waals surface area (Å²) in [6.45, 7) is 1.78. The van der Waals surface area contributed by atoms with Crippen LogP contribution in [0.2, 0.25) is 15.1 Å². The van der Waals surface area contributed by atoms with Crippen molar-refractivity contribution in [3.05, 3.63) is 74.9 Å². The first-order chi connectivity index (χ1) is 9.97. The van der Waals surface area contributed by atoms with Gasteiger partial charge in [0.05, 0.1) is 15.7 Å². The van der Waals surface area contributed by atoms with E-state index in [1.807, 2.05) is 0 Å². The van der Waals surface area contributed by atoms with E-state index < -0.39 is 0 Å². The molecule has 0 unspecified atom stereocenters. The SMILES string of the molecule is C/C(=C\C(=O)c1ccc(Cl)cc1)Nc1cccc(Cl)c1Cl. The Hall–Kier alpha value is -1.48. The first-order valence-electron chi connectivity index (χ1n) is 6.16. The monoisotopic (exact) mass is 339 g/mol. The highest BCUT2D eigenvalue weighted by atomic mass is 35.5. The summed E-state index contributed by atoms with van der Waals surface area (Å²) in [5.41, 5.74) is 1.89. The van der Waals surface area contributed by atoms with Gasteiger partial charge in [0.1, 0.15) is 0 Å². The van der Waals surface area contributed by atoms with Crippen LogP contribution in [0.5, 0.6) is 0 Å². The van der Waals surface area contributed by atoms with Crippen LogP contribution < -0.4 is 5.32 Å². The Morgan fingerprint density at radius 3 is 2.38 bits per heavy atom. The normalized spacial score (nSPS) is 11.3. The summed E-state index contributed by atoms with van der Waals surface area (Å²) < 4.78 is 0. The molecular weight excluding hydrogens is 329 g/mol. The molecule has 2 aromatic rings. The molecule has 108 valence electrons. The topological polar surface area (TPSA) is 29.1 Å². The maximum atomic E-state index is 12.1. The van der Waals surface area contributed by atoms with Crippen LogP contribution in [-0.4, -0.2) is 5.78 Å². The van der Waals surface area contributed by atoms with Gasteiger partial charge < -0.3 is 5.32 Å². The van der Waals surface area contributed by atoms with Gasteiger partial charge in [-0.15, -0.1) is 0 Å². The second kappa shape index (κ2) is 6.99. The number of carbonyl (C=O) groups excluding carboxylic acids is 1. The zero-order valence-corrected chi connectivity index (χ0v) is 13.4. The molecule has 0 aliphatic carbocycles. The molecule has 0 radical (unpaired) electrons. The van der Waals surface area contributed by atoms with Gasteiger partial charge in [-0.25, -0.2) is 0 Å². The molecule has 0 atom stereocenters. The van der Waals surface area contributed by atoms with Crippen LogP contribution in [-0.2, 0) is 0 Å². The summed E-state index contributed by atoms with van der Waals surface area (Å²) in [4.78, 5) is 12.1. The van der Waals surface area contributed by atoms with Gasteiger partial charge in [-0.3, -0.25) is 4.79 Å². The summed E-state index contributed by atoms with van der Waals surface area (Å²) in [5, 5.41) is 4.53. The Kier molecular flexibility index (Phi) is 5.29. The second-order valence-corrected chi connectivity index (χ2v) is 5.65. The Bertz CT molecular complexity index is 693. The molecular formula is C16H12Cl3NO. The van der Waals surface area contributed by atoms with E-state index in [0.717, 1.165) is 0 Å². The van der Waals surface area contributed by atoms with Crippen molar-refractivity contribution in [3.8, 4) is 0 Å². The first kappa shape index (κ1) is 15.9. The summed E-state index contributed by atoms with van der Waals surface area (Å²) in [6, 6.07) is 12.0. The summed E-state index contributed by atoms with van der Waals surface area (Å²) >= 11 is 17.8. The molecule has 1 N–H and O–H groups in total. The van der Waals surface area contributed by atoms with Crippen molar-refractivity contribution in [2.24, 2.45) is 0 Å². The molecule has 0 bridgehead atoms. The van der Waals surface area contributed by atoms with E-state index in [9.17, 15) is 4.79 Å². The number of benzene rings is 2. The third-order valence-corrected chi connectivity index (χ3v) is 3.83. The standard InChI is InChI=1S/C16H12Cl3NO/c1-10(20-14-4-2-3-13(18)16(14)19)9-15(21)11-5-7-12(17)8-6-11/h2-9,20H,1H3/b10-9+. The van der Waals surface area contributed by atoms with E-state index in [0.29, 0.717) is 32.0 Å². The van der Waals surface area contributed by atoms with Crippen LogP contribution in [0.3, 0.4) is 0 Å². The lowest BCUT2D eigenvalue weighted by Gasteiger charge is -2.09. The predicted molar refractivity (Wildman–Crippen MR) is 89.6 cm³/mol. The fourth-order valence-corrected chi connectivity index (χ4v) is 2.22. The number of anilines is 1. The molecule has 21 heavy (non-hydrogen) atoms. The molecule has 0 aliphatic heterocycles. The highest BCUT2D eigenvalue weighted by molar-refractivity contribution is 6.43. The number of carbonyl (C=O) groups is 1. The van der Waals surface area contributed by atoms with Crippen LogP contribution in [0.1, 0.15) is 17.3 Å². The van der Waals surface area contributed by atoms with E-state index in [2.05, 4.69) is 5.32 Å². The van der Waals surface area contributed by atoms with E-state index in [4.69, 9.17) is 34.8 Å². The molecule has 0 saturated heterocycles. The van der Waals surface area contributed by atoms with Crippen LogP contribution in [0.25, 0.3) is 0 Å². The van der Waals surface area contributed by atoms with Crippen LogP contribution in [0.4, 0.5) is 5.69 Å². The van der Waals surface area contributed by atoms with Gasteiger partial charge in [0, 0.05) is 22.4 Å². The lowest BCUT2D eigenvalue weighted by molar-refractivity contribution is 0.104. The van der Waals surface area contributed by atoms with E-state index in [1.165, 1.54) is 6.08 Å². The number of hydrogen-bond acceptors (Lipinski definition) is 2. The van der Waals surface area contributed by atoms with Crippen molar-refractivity contribution in [1.29, 1.82) is 0 Å². The Morgan fingerprint density at radius 1 is 1.05 bits per heavy atom. The summed E-state index contributed by atoms with van der Waals surface area (Å²) in [6.07, 6.45) is 1.50. The van der Waals surface area contributed by atoms with Gasteiger partial charge in [-0.1, -0.05) is 40.9 Å². The van der Waals surface area contributed by atoms with Gasteiger partial charge >= 0.3 is 0 Å². The molecule has 0 aromatic heterocycles. The number of allylic oxidation sites excluding steroid dienone is 2. The Balaban J connectivity index is 2.15. The third-order valence-electron chi connectivity index (χ3n) is 2.76. The molecule has 0 amide bonds. The van der Waals surface area contributed by atoms with Crippen LogP contribution >= 0.6 is 34.8 Å². The first-order valence-corrected chi connectivity index (χ1v) is 7.30. The minimum absolute atomic E-state index is 0.116. The lowest BCUT2D eigenvalue weighted by Crippen LogP contribution is -2.01. The van der Waals surface area contributed by atoms with Crippen molar-refractivity contribution in [2.45, 2.75) is 6.92 Å². The quantitative estimate of drug-likeness (QED) is 0.559. The molecule has 0 heterocycles. The number of ketones is 1. The minimum Gasteiger partial charge on any atom is -0.358 e. The smallest absolute Gasteiger partial charge is 0.187 e. The Morgan fingerprint density at radius 2 is 1.71 bits per heavy atom. The lowest BCUT2D eigenvalue weighted by atomic mass is 10.1. The van der Waals surface area contributed by atoms with Gasteiger partial charge in [-0.2, -0.15) is 0 Å². The number of hydrogen-bond donors (Lipinski definition) is 1. The molecule has 2 nitrogen and oxygen atoms in total. The summed E-state index contributed by atoms with van der Waals surface area (Å²) in [7, 11) is 0. The zero-order valence-electron chi connectivity index (χ0n) is 11.2. The van der Waals surface area contributed by atoms with Crippen LogP contribution in [0.15, 0.2) is 54.2 Å². The van der Waals surface area contributed by atoms with Crippen molar-refractivity contribution in [1.82, 2.24) is 0 Å². The highest BCUT2D eigenvalue weighted by Gasteiger charge is 2.06. The molecule has 0 saturated carbocycles. The Labute approximate surface area is 138 Å². The molecule has 2 rings (SSSR count). The van der Waals surface area contributed by atoms with E-state index in [1.54, 1.807) is 49.4 Å². The van der Waals surface area contributed by atoms with E-state index >= 15 is 0 Å². The maximum absolute atomic E-state index is 12.1. The van der Waals surface area contributed by atoms with Crippen LogP contribution in [0, 0.1) is 0 Å². The van der Waals surface area contributed by atoms with Gasteiger partial charge in [0.25, 0.3) is 0 Å². The highest BCUT2D eigenvalue weighted by Crippen LogP contribution is 2.30. The molecule has 0 fully saturated rings. The molecule has 0 aliphatic rings. The fraction of sp³-hybridized carbons (Fsp3) is 0.0625. The molecule has 5 heteroatoms.